The summed E-state index contributed by atoms with van der Waals surface area (Å²) < 4.78 is 5.51. The first-order valence-electron chi connectivity index (χ1n) is 9.91. The molecule has 28 heavy (non-hydrogen) atoms. The maximum Gasteiger partial charge on any atom is 0.225 e. The Morgan fingerprint density at radius 3 is 2.39 bits per heavy atom. The number of anilines is 2. The normalized spacial score (nSPS) is 18.8. The lowest BCUT2D eigenvalue weighted by molar-refractivity contribution is 0.0909. The van der Waals surface area contributed by atoms with Gasteiger partial charge in [-0.1, -0.05) is 26.0 Å². The number of para-hydroxylation sites is 2. The molecule has 1 fully saturated rings. The third kappa shape index (κ3) is 3.43. The van der Waals surface area contributed by atoms with Crippen molar-refractivity contribution in [3.63, 3.8) is 0 Å². The molecule has 0 radical (unpaired) electrons. The minimum atomic E-state index is -0.0370. The molecule has 1 aromatic carbocycles. The van der Waals surface area contributed by atoms with Crippen LogP contribution < -0.4 is 14.5 Å². The van der Waals surface area contributed by atoms with Gasteiger partial charge in [-0.25, -0.2) is 9.97 Å². The molecule has 6 heteroatoms. The molecule has 1 aliphatic carbocycles. The zero-order valence-corrected chi connectivity index (χ0v) is 17.2. The number of hydrogen-bond donors (Lipinski definition) is 0. The smallest absolute Gasteiger partial charge is 0.225 e. The molecule has 0 spiro atoms. The van der Waals surface area contributed by atoms with Gasteiger partial charge >= 0.3 is 0 Å². The van der Waals surface area contributed by atoms with E-state index in [0.29, 0.717) is 6.42 Å². The van der Waals surface area contributed by atoms with E-state index in [1.807, 2.05) is 25.1 Å². The van der Waals surface area contributed by atoms with E-state index in [-0.39, 0.29) is 11.2 Å². The van der Waals surface area contributed by atoms with E-state index in [1.165, 1.54) is 0 Å². The fourth-order valence-electron chi connectivity index (χ4n) is 4.33. The maximum atomic E-state index is 12.6. The number of carbonyl (C=O) groups is 1. The molecule has 0 amide bonds. The Labute approximate surface area is 166 Å². The summed E-state index contributed by atoms with van der Waals surface area (Å²) >= 11 is 0. The highest BCUT2D eigenvalue weighted by Gasteiger charge is 2.34. The summed E-state index contributed by atoms with van der Waals surface area (Å²) in [4.78, 5) is 26.6. The van der Waals surface area contributed by atoms with E-state index in [4.69, 9.17) is 14.7 Å². The van der Waals surface area contributed by atoms with Crippen molar-refractivity contribution in [3.8, 4) is 5.75 Å². The van der Waals surface area contributed by atoms with E-state index in [2.05, 4.69) is 29.7 Å². The van der Waals surface area contributed by atoms with Gasteiger partial charge in [0.2, 0.25) is 5.95 Å². The van der Waals surface area contributed by atoms with Gasteiger partial charge in [-0.05, 0) is 30.9 Å². The second-order valence-corrected chi connectivity index (χ2v) is 8.52. The monoisotopic (exact) mass is 380 g/mol. The number of nitrogens with zero attached hydrogens (tertiary/aromatic N) is 4. The van der Waals surface area contributed by atoms with Crippen LogP contribution in [0.1, 0.15) is 42.0 Å². The summed E-state index contributed by atoms with van der Waals surface area (Å²) in [5.41, 5.74) is 3.56. The first-order chi connectivity index (χ1) is 13.4. The topological polar surface area (TPSA) is 58.6 Å². The van der Waals surface area contributed by atoms with Gasteiger partial charge in [0.25, 0.3) is 0 Å². The molecule has 1 saturated heterocycles. The highest BCUT2D eigenvalue weighted by Crippen LogP contribution is 2.35. The molecule has 0 saturated carbocycles. The van der Waals surface area contributed by atoms with Crippen molar-refractivity contribution < 1.29 is 9.53 Å². The largest absolute Gasteiger partial charge is 0.495 e. The van der Waals surface area contributed by atoms with E-state index in [1.54, 1.807) is 7.11 Å². The number of benzene rings is 1. The van der Waals surface area contributed by atoms with Crippen molar-refractivity contribution in [1.29, 1.82) is 0 Å². The number of methoxy groups -OCH3 is 1. The molecule has 0 unspecified atom stereocenters. The second-order valence-electron chi connectivity index (χ2n) is 8.52. The summed E-state index contributed by atoms with van der Waals surface area (Å²) in [6.07, 6.45) is 1.40. The van der Waals surface area contributed by atoms with Gasteiger partial charge in [-0.3, -0.25) is 4.79 Å². The van der Waals surface area contributed by atoms with Gasteiger partial charge < -0.3 is 14.5 Å². The Kier molecular flexibility index (Phi) is 4.73. The van der Waals surface area contributed by atoms with Crippen LogP contribution in [-0.4, -0.2) is 49.0 Å². The molecule has 2 aliphatic rings. The van der Waals surface area contributed by atoms with Crippen LogP contribution in [0.15, 0.2) is 24.3 Å². The lowest BCUT2D eigenvalue weighted by Gasteiger charge is -2.37. The molecule has 1 aliphatic heterocycles. The number of ether oxygens (including phenoxy) is 1. The summed E-state index contributed by atoms with van der Waals surface area (Å²) in [6, 6.07) is 8.13. The molecule has 2 heterocycles. The third-order valence-electron chi connectivity index (χ3n) is 5.71. The summed E-state index contributed by atoms with van der Waals surface area (Å²) in [6.45, 7) is 9.65. The van der Waals surface area contributed by atoms with Crippen molar-refractivity contribution >= 4 is 17.4 Å². The van der Waals surface area contributed by atoms with Gasteiger partial charge in [0, 0.05) is 32.6 Å². The minimum absolute atomic E-state index is 0.0370. The summed E-state index contributed by atoms with van der Waals surface area (Å²) in [5, 5.41) is 0. The van der Waals surface area contributed by atoms with Crippen LogP contribution in [-0.2, 0) is 6.42 Å². The van der Waals surface area contributed by atoms with Gasteiger partial charge in [0.1, 0.15) is 5.75 Å². The minimum Gasteiger partial charge on any atom is -0.495 e. The lowest BCUT2D eigenvalue weighted by Crippen LogP contribution is -2.47. The average molecular weight is 380 g/mol. The number of carbonyl (C=O) groups excluding carboxylic acids is 1. The molecule has 4 rings (SSSR count). The first-order valence-corrected chi connectivity index (χ1v) is 9.91. The molecule has 0 bridgehead atoms. The number of fused-ring (bicyclic) bond motifs is 1. The quantitative estimate of drug-likeness (QED) is 0.815. The molecule has 1 aromatic heterocycles. The third-order valence-corrected chi connectivity index (χ3v) is 5.71. The van der Waals surface area contributed by atoms with Crippen molar-refractivity contribution in [2.45, 2.75) is 33.6 Å². The van der Waals surface area contributed by atoms with E-state index in [9.17, 15) is 4.79 Å². The van der Waals surface area contributed by atoms with E-state index < -0.39 is 0 Å². The average Bonchev–Trinajstić information content (AvgIpc) is 2.66. The lowest BCUT2D eigenvalue weighted by atomic mass is 9.75. The van der Waals surface area contributed by atoms with E-state index >= 15 is 0 Å². The van der Waals surface area contributed by atoms with Crippen LogP contribution >= 0.6 is 0 Å². The molecule has 0 atom stereocenters. The maximum absolute atomic E-state index is 12.6. The Hall–Kier alpha value is -2.63. The number of aryl methyl sites for hydroxylation is 1. The number of Topliss-reactive ketones (excluding diaryl/α,β-unsaturated/α-hetero) is 1. The Bertz CT molecular complexity index is 901. The van der Waals surface area contributed by atoms with Crippen LogP contribution in [0.4, 0.5) is 11.6 Å². The van der Waals surface area contributed by atoms with Crippen molar-refractivity contribution in [2.75, 3.05) is 43.1 Å². The summed E-state index contributed by atoms with van der Waals surface area (Å²) in [7, 11) is 1.71. The van der Waals surface area contributed by atoms with Crippen LogP contribution in [0.2, 0.25) is 0 Å². The Balaban J connectivity index is 1.54. The zero-order chi connectivity index (χ0) is 19.9. The van der Waals surface area contributed by atoms with Gasteiger partial charge in [-0.15, -0.1) is 0 Å². The fraction of sp³-hybridized carbons (Fsp3) is 0.500. The highest BCUT2D eigenvalue weighted by molar-refractivity contribution is 5.99. The van der Waals surface area contributed by atoms with Crippen LogP contribution in [0.25, 0.3) is 0 Å². The van der Waals surface area contributed by atoms with E-state index in [0.717, 1.165) is 66.9 Å². The molecule has 2 aromatic rings. The number of hydrogen-bond acceptors (Lipinski definition) is 6. The van der Waals surface area contributed by atoms with Crippen molar-refractivity contribution in [2.24, 2.45) is 5.41 Å². The fourth-order valence-corrected chi connectivity index (χ4v) is 4.33. The number of aromatic nitrogens is 2. The zero-order valence-electron chi connectivity index (χ0n) is 17.2. The second kappa shape index (κ2) is 7.08. The van der Waals surface area contributed by atoms with Crippen LogP contribution in [0, 0.1) is 12.3 Å². The molecular formula is C22H28N4O2. The predicted octanol–water partition coefficient (Wildman–Crippen LogP) is 3.28. The van der Waals surface area contributed by atoms with Crippen molar-refractivity contribution in [1.82, 2.24) is 9.97 Å². The molecular weight excluding hydrogens is 352 g/mol. The van der Waals surface area contributed by atoms with Gasteiger partial charge in [0.05, 0.1) is 29.7 Å². The SMILES string of the molecule is COc1ccccc1N1CCN(c2nc(C)c3c(n2)CC(C)(C)CC3=O)CC1. The first kappa shape index (κ1) is 18.7. The standard InChI is InChI=1S/C22H28N4O2/c1-15-20-16(13-22(2,3)14-18(20)27)24-21(23-15)26-11-9-25(10-12-26)17-7-5-6-8-19(17)28-4/h5-8H,9-14H2,1-4H3. The Morgan fingerprint density at radius 2 is 1.68 bits per heavy atom. The number of piperazine rings is 1. The summed E-state index contributed by atoms with van der Waals surface area (Å²) in [5.74, 6) is 1.83. The predicted molar refractivity (Wildman–Crippen MR) is 111 cm³/mol. The van der Waals surface area contributed by atoms with Crippen molar-refractivity contribution in [3.05, 3.63) is 41.2 Å². The van der Waals surface area contributed by atoms with Crippen LogP contribution in [0.5, 0.6) is 5.75 Å². The van der Waals surface area contributed by atoms with Gasteiger partial charge in [-0.2, -0.15) is 0 Å². The van der Waals surface area contributed by atoms with Gasteiger partial charge in [0.15, 0.2) is 5.78 Å². The number of rotatable bonds is 3. The molecule has 6 nitrogen and oxygen atoms in total. The molecule has 0 N–H and O–H groups in total. The highest BCUT2D eigenvalue weighted by atomic mass is 16.5. The molecule has 148 valence electrons. The van der Waals surface area contributed by atoms with Crippen LogP contribution in [0.3, 0.4) is 0 Å². The number of ketones is 1. The Morgan fingerprint density at radius 1 is 1.00 bits per heavy atom.